The van der Waals surface area contributed by atoms with E-state index < -0.39 is 0 Å². The van der Waals surface area contributed by atoms with Crippen LogP contribution in [0.15, 0.2) is 41.5 Å². The lowest BCUT2D eigenvalue weighted by molar-refractivity contribution is 0.340. The number of phenolic OH excluding ortho intramolecular Hbond substituents is 1. The number of hydrogen-bond donors (Lipinski definition) is 3. The van der Waals surface area contributed by atoms with E-state index in [9.17, 15) is 5.11 Å². The second-order valence-electron chi connectivity index (χ2n) is 4.83. The number of anilines is 1. The van der Waals surface area contributed by atoms with Crippen LogP contribution in [0.5, 0.6) is 23.0 Å². The van der Waals surface area contributed by atoms with Gasteiger partial charge in [0.15, 0.2) is 16.6 Å². The summed E-state index contributed by atoms with van der Waals surface area (Å²) in [6.45, 7) is 0. The predicted octanol–water partition coefficient (Wildman–Crippen LogP) is 2.74. The number of aromatic hydroxyl groups is 1. The van der Waals surface area contributed by atoms with Crippen molar-refractivity contribution in [2.75, 3.05) is 26.6 Å². The van der Waals surface area contributed by atoms with Crippen LogP contribution < -0.4 is 25.0 Å². The molecular weight excluding hydrogens is 342 g/mol. The van der Waals surface area contributed by atoms with Crippen LogP contribution in [-0.2, 0) is 0 Å². The summed E-state index contributed by atoms with van der Waals surface area (Å²) >= 11 is 5.17. The number of rotatable bonds is 6. The van der Waals surface area contributed by atoms with Gasteiger partial charge in [-0.25, -0.2) is 0 Å². The molecular formula is C17H19N3O4S. The van der Waals surface area contributed by atoms with Crippen molar-refractivity contribution in [1.29, 1.82) is 0 Å². The molecule has 0 unspecified atom stereocenters. The van der Waals surface area contributed by atoms with Gasteiger partial charge in [0.2, 0.25) is 5.75 Å². The molecule has 2 aromatic carbocycles. The average Bonchev–Trinajstić information content (AvgIpc) is 2.63. The standard InChI is InChI=1S/C17H19N3O4S/c1-22-13-6-4-12(5-7-13)19-17(25)20-18-10-11-8-14(23-2)16(21)15(9-11)24-3/h4-10,21H,1-3H3,(H2,19,20,25)/b18-10+. The number of ether oxygens (including phenoxy) is 3. The van der Waals surface area contributed by atoms with Crippen LogP contribution >= 0.6 is 12.2 Å². The minimum atomic E-state index is -0.0631. The van der Waals surface area contributed by atoms with Crippen LogP contribution in [0.2, 0.25) is 0 Å². The molecule has 0 saturated heterocycles. The van der Waals surface area contributed by atoms with E-state index in [4.69, 9.17) is 26.4 Å². The van der Waals surface area contributed by atoms with E-state index in [2.05, 4.69) is 15.8 Å². The van der Waals surface area contributed by atoms with Gasteiger partial charge < -0.3 is 24.6 Å². The number of benzene rings is 2. The van der Waals surface area contributed by atoms with Gasteiger partial charge in [0.05, 0.1) is 27.5 Å². The van der Waals surface area contributed by atoms with Crippen LogP contribution in [0.3, 0.4) is 0 Å². The fourth-order valence-corrected chi connectivity index (χ4v) is 2.16. The number of hydrazone groups is 1. The van der Waals surface area contributed by atoms with Gasteiger partial charge in [0.25, 0.3) is 0 Å². The molecule has 0 aromatic heterocycles. The fraction of sp³-hybridized carbons (Fsp3) is 0.176. The third kappa shape index (κ3) is 4.98. The number of nitrogens with zero attached hydrogens (tertiary/aromatic N) is 1. The minimum absolute atomic E-state index is 0.0631. The van der Waals surface area contributed by atoms with Crippen LogP contribution in [-0.4, -0.2) is 37.8 Å². The van der Waals surface area contributed by atoms with Crippen molar-refractivity contribution in [2.45, 2.75) is 0 Å². The highest BCUT2D eigenvalue weighted by molar-refractivity contribution is 7.80. The van der Waals surface area contributed by atoms with Gasteiger partial charge in [-0.3, -0.25) is 5.43 Å². The lowest BCUT2D eigenvalue weighted by Crippen LogP contribution is -2.23. The molecule has 0 fully saturated rings. The van der Waals surface area contributed by atoms with Crippen molar-refractivity contribution in [2.24, 2.45) is 5.10 Å². The Morgan fingerprint density at radius 1 is 1.04 bits per heavy atom. The molecule has 0 saturated carbocycles. The molecule has 2 aromatic rings. The molecule has 8 heteroatoms. The van der Waals surface area contributed by atoms with E-state index in [0.29, 0.717) is 22.2 Å². The van der Waals surface area contributed by atoms with E-state index in [-0.39, 0.29) is 5.75 Å². The van der Waals surface area contributed by atoms with E-state index in [1.54, 1.807) is 19.2 Å². The van der Waals surface area contributed by atoms with Crippen LogP contribution in [0, 0.1) is 0 Å². The molecule has 0 heterocycles. The molecule has 0 aliphatic carbocycles. The van der Waals surface area contributed by atoms with Crippen molar-refractivity contribution in [3.05, 3.63) is 42.0 Å². The van der Waals surface area contributed by atoms with Crippen molar-refractivity contribution >= 4 is 29.2 Å². The molecule has 0 spiro atoms. The lowest BCUT2D eigenvalue weighted by Gasteiger charge is -2.09. The smallest absolute Gasteiger partial charge is 0.200 e. The Hall–Kier alpha value is -3.00. The second-order valence-corrected chi connectivity index (χ2v) is 5.23. The highest BCUT2D eigenvalue weighted by Gasteiger charge is 2.10. The summed E-state index contributed by atoms with van der Waals surface area (Å²) in [5, 5.41) is 17.3. The summed E-state index contributed by atoms with van der Waals surface area (Å²) in [5.41, 5.74) is 4.19. The third-order valence-electron chi connectivity index (χ3n) is 3.23. The average molecular weight is 361 g/mol. The van der Waals surface area contributed by atoms with Crippen molar-refractivity contribution in [3.63, 3.8) is 0 Å². The van der Waals surface area contributed by atoms with Crippen LogP contribution in [0.4, 0.5) is 5.69 Å². The highest BCUT2D eigenvalue weighted by atomic mass is 32.1. The predicted molar refractivity (Wildman–Crippen MR) is 101 cm³/mol. The quantitative estimate of drug-likeness (QED) is 0.414. The normalized spacial score (nSPS) is 10.4. The van der Waals surface area contributed by atoms with Gasteiger partial charge in [-0.1, -0.05) is 0 Å². The molecule has 7 nitrogen and oxygen atoms in total. The molecule has 0 radical (unpaired) electrons. The van der Waals surface area contributed by atoms with Gasteiger partial charge in [0, 0.05) is 11.3 Å². The number of nitrogens with one attached hydrogen (secondary N) is 2. The summed E-state index contributed by atoms with van der Waals surface area (Å²) in [6.07, 6.45) is 1.53. The van der Waals surface area contributed by atoms with Gasteiger partial charge in [-0.15, -0.1) is 0 Å². The Kier molecular flexibility index (Phi) is 6.41. The Labute approximate surface area is 151 Å². The fourth-order valence-electron chi connectivity index (χ4n) is 1.99. The first kappa shape index (κ1) is 18.3. The molecule has 0 amide bonds. The summed E-state index contributed by atoms with van der Waals surface area (Å²) in [6, 6.07) is 10.6. The zero-order chi connectivity index (χ0) is 18.2. The van der Waals surface area contributed by atoms with E-state index >= 15 is 0 Å². The van der Waals surface area contributed by atoms with E-state index in [0.717, 1.165) is 11.4 Å². The number of phenols is 1. The Balaban J connectivity index is 1.98. The molecule has 2 rings (SSSR count). The van der Waals surface area contributed by atoms with Crippen molar-refractivity contribution < 1.29 is 19.3 Å². The highest BCUT2D eigenvalue weighted by Crippen LogP contribution is 2.36. The molecule has 3 N–H and O–H groups in total. The van der Waals surface area contributed by atoms with Gasteiger partial charge in [0.1, 0.15) is 5.75 Å². The molecule has 132 valence electrons. The topological polar surface area (TPSA) is 84.3 Å². The first-order chi connectivity index (χ1) is 12.1. The van der Waals surface area contributed by atoms with Crippen molar-refractivity contribution in [3.8, 4) is 23.0 Å². The summed E-state index contributed by atoms with van der Waals surface area (Å²) < 4.78 is 15.3. The number of methoxy groups -OCH3 is 3. The van der Waals surface area contributed by atoms with Gasteiger partial charge >= 0.3 is 0 Å². The maximum atomic E-state index is 9.88. The number of thiocarbonyl (C=S) groups is 1. The van der Waals surface area contributed by atoms with E-state index in [1.165, 1.54) is 20.4 Å². The largest absolute Gasteiger partial charge is 0.502 e. The zero-order valence-corrected chi connectivity index (χ0v) is 14.9. The Morgan fingerprint density at radius 3 is 2.16 bits per heavy atom. The lowest BCUT2D eigenvalue weighted by atomic mass is 10.2. The molecule has 0 atom stereocenters. The summed E-state index contributed by atoms with van der Waals surface area (Å²) in [4.78, 5) is 0. The van der Waals surface area contributed by atoms with Gasteiger partial charge in [-0.05, 0) is 48.6 Å². The summed E-state index contributed by atoms with van der Waals surface area (Å²) in [5.74, 6) is 1.28. The molecule has 0 bridgehead atoms. The third-order valence-corrected chi connectivity index (χ3v) is 3.42. The van der Waals surface area contributed by atoms with Crippen LogP contribution in [0.1, 0.15) is 5.56 Å². The van der Waals surface area contributed by atoms with Gasteiger partial charge in [-0.2, -0.15) is 5.10 Å². The van der Waals surface area contributed by atoms with Crippen LogP contribution in [0.25, 0.3) is 0 Å². The first-order valence-electron chi connectivity index (χ1n) is 7.26. The molecule has 0 aliphatic rings. The SMILES string of the molecule is COc1ccc(NC(=S)N/N=C/c2cc(OC)c(O)c(OC)c2)cc1. The molecule has 0 aliphatic heterocycles. The van der Waals surface area contributed by atoms with Crippen molar-refractivity contribution in [1.82, 2.24) is 5.43 Å². The Bertz CT molecular complexity index is 738. The molecule has 25 heavy (non-hydrogen) atoms. The first-order valence-corrected chi connectivity index (χ1v) is 7.67. The Morgan fingerprint density at radius 2 is 1.64 bits per heavy atom. The van der Waals surface area contributed by atoms with E-state index in [1.807, 2.05) is 24.3 Å². The summed E-state index contributed by atoms with van der Waals surface area (Å²) in [7, 11) is 4.53. The zero-order valence-electron chi connectivity index (χ0n) is 14.1. The number of hydrogen-bond acceptors (Lipinski definition) is 6. The maximum Gasteiger partial charge on any atom is 0.200 e. The maximum absolute atomic E-state index is 9.88. The second kappa shape index (κ2) is 8.74. The monoisotopic (exact) mass is 361 g/mol. The minimum Gasteiger partial charge on any atom is -0.502 e.